The first-order valence-electron chi connectivity index (χ1n) is 5.89. The molecule has 2 aromatic heterocycles. The molecule has 0 aliphatic rings. The molecule has 0 saturated heterocycles. The third-order valence-corrected chi connectivity index (χ3v) is 2.81. The molecular weight excluding hydrogens is 316 g/mol. The SMILES string of the molecule is O=[N+]([O-])c1cccc2cc3cccc[n+]3cc12.[O-][Cl+](O)(O)O. The van der Waals surface area contributed by atoms with Gasteiger partial charge < -0.3 is 0 Å². The Labute approximate surface area is 126 Å². The van der Waals surface area contributed by atoms with Crippen molar-refractivity contribution in [3.05, 3.63) is 65.0 Å². The summed E-state index contributed by atoms with van der Waals surface area (Å²) >= 11 is 0. The van der Waals surface area contributed by atoms with Gasteiger partial charge in [0, 0.05) is 29.7 Å². The van der Waals surface area contributed by atoms with Gasteiger partial charge in [0.1, 0.15) is 5.39 Å². The van der Waals surface area contributed by atoms with Crippen molar-refractivity contribution < 1.29 is 38.2 Å². The molecule has 0 atom stereocenters. The number of pyridine rings is 2. The fraction of sp³-hybridized carbons (Fsp3) is 0. The molecule has 116 valence electrons. The van der Waals surface area contributed by atoms with Crippen LogP contribution in [0.4, 0.5) is 5.69 Å². The standard InChI is InChI=1S/C13H9N2O2.ClH3O4/c16-15(17)13-6-3-4-10-8-11-5-1-2-7-14(11)9-12(10)13;2-1(3,4)5/h1-9H;2-4H/q+1;. The van der Waals surface area contributed by atoms with Crippen molar-refractivity contribution in [1.29, 1.82) is 0 Å². The number of hydrogen-bond acceptors (Lipinski definition) is 6. The van der Waals surface area contributed by atoms with Crippen molar-refractivity contribution >= 4 is 22.0 Å². The van der Waals surface area contributed by atoms with Crippen LogP contribution < -0.4 is 9.06 Å². The molecule has 3 N–H and O–H groups in total. The van der Waals surface area contributed by atoms with Crippen LogP contribution in [0.15, 0.2) is 54.9 Å². The number of benzene rings is 1. The van der Waals surface area contributed by atoms with Gasteiger partial charge in [-0.2, -0.15) is 4.40 Å². The number of aromatic nitrogens is 1. The van der Waals surface area contributed by atoms with Gasteiger partial charge in [-0.1, -0.05) is 12.1 Å². The molecule has 0 amide bonds. The molecule has 0 bridgehead atoms. The van der Waals surface area contributed by atoms with E-state index in [0.717, 1.165) is 10.9 Å². The monoisotopic (exact) mass is 327 g/mol. The molecule has 0 aliphatic heterocycles. The summed E-state index contributed by atoms with van der Waals surface area (Å²) in [7, 11) is -4.19. The summed E-state index contributed by atoms with van der Waals surface area (Å²) in [6.45, 7) is 0. The van der Waals surface area contributed by atoms with Gasteiger partial charge in [-0.3, -0.25) is 10.1 Å². The average Bonchev–Trinajstić information content (AvgIpc) is 2.42. The second-order valence-electron chi connectivity index (χ2n) is 4.28. The van der Waals surface area contributed by atoms with E-state index in [0.29, 0.717) is 5.39 Å². The molecule has 8 nitrogen and oxygen atoms in total. The third kappa shape index (κ3) is 4.07. The molecule has 1 aromatic carbocycles. The van der Waals surface area contributed by atoms with E-state index in [2.05, 4.69) is 0 Å². The zero-order chi connectivity index (χ0) is 16.3. The van der Waals surface area contributed by atoms with E-state index in [-0.39, 0.29) is 10.6 Å². The van der Waals surface area contributed by atoms with Crippen molar-refractivity contribution in [2.45, 2.75) is 0 Å². The number of non-ortho nitro benzene ring substituents is 1. The Hall–Kier alpha value is -2.36. The number of nitro groups is 1. The zero-order valence-corrected chi connectivity index (χ0v) is 11.8. The number of rotatable bonds is 1. The van der Waals surface area contributed by atoms with Gasteiger partial charge in [0.05, 0.1) is 4.92 Å². The number of fused-ring (bicyclic) bond motifs is 2. The van der Waals surface area contributed by atoms with Crippen molar-refractivity contribution in [2.24, 2.45) is 0 Å². The van der Waals surface area contributed by atoms with E-state index >= 15 is 0 Å². The molecular formula is C13H12ClN2O6+. The van der Waals surface area contributed by atoms with Crippen molar-refractivity contribution in [3.8, 4) is 0 Å². The predicted molar refractivity (Wildman–Crippen MR) is 70.4 cm³/mol. The topological polar surface area (TPSA) is 131 Å². The van der Waals surface area contributed by atoms with Crippen LogP contribution in [0.25, 0.3) is 16.3 Å². The van der Waals surface area contributed by atoms with Crippen LogP contribution in [0.2, 0.25) is 0 Å². The molecule has 0 fully saturated rings. The Morgan fingerprint density at radius 3 is 2.41 bits per heavy atom. The number of nitrogens with zero attached hydrogens (tertiary/aromatic N) is 2. The second kappa shape index (κ2) is 6.18. The maximum atomic E-state index is 10.9. The van der Waals surface area contributed by atoms with Crippen LogP contribution in [0.1, 0.15) is 0 Å². The fourth-order valence-electron chi connectivity index (χ4n) is 2.00. The molecule has 3 aromatic rings. The van der Waals surface area contributed by atoms with E-state index < -0.39 is 10.2 Å². The van der Waals surface area contributed by atoms with Crippen LogP contribution in [-0.4, -0.2) is 18.9 Å². The molecule has 0 unspecified atom stereocenters. The van der Waals surface area contributed by atoms with Crippen LogP contribution in [0.3, 0.4) is 0 Å². The molecule has 0 spiro atoms. The zero-order valence-electron chi connectivity index (χ0n) is 11.0. The van der Waals surface area contributed by atoms with Gasteiger partial charge in [-0.25, -0.2) is 0 Å². The minimum absolute atomic E-state index is 0.140. The predicted octanol–water partition coefficient (Wildman–Crippen LogP) is -0.373. The Bertz CT molecular complexity index is 827. The summed E-state index contributed by atoms with van der Waals surface area (Å²) in [6.07, 6.45) is 3.67. The summed E-state index contributed by atoms with van der Waals surface area (Å²) in [6, 6.07) is 12.9. The average molecular weight is 328 g/mol. The van der Waals surface area contributed by atoms with Gasteiger partial charge in [0.25, 0.3) is 5.69 Å². The summed E-state index contributed by atoms with van der Waals surface area (Å²) in [5.41, 5.74) is 1.15. The molecule has 9 heteroatoms. The first-order valence-corrected chi connectivity index (χ1v) is 7.21. The summed E-state index contributed by atoms with van der Waals surface area (Å²) < 4.78 is 32.1. The van der Waals surface area contributed by atoms with E-state index in [1.54, 1.807) is 12.3 Å². The van der Waals surface area contributed by atoms with Gasteiger partial charge >= 0.3 is 28.9 Å². The van der Waals surface area contributed by atoms with Gasteiger partial charge in [0.2, 0.25) is 5.52 Å². The molecule has 3 rings (SSSR count). The number of halogens is 1. The van der Waals surface area contributed by atoms with Gasteiger partial charge in [-0.15, -0.1) is 0 Å². The van der Waals surface area contributed by atoms with E-state index in [9.17, 15) is 10.1 Å². The number of hydrogen-bond donors (Lipinski definition) is 3. The first kappa shape index (κ1) is 16.0. The van der Waals surface area contributed by atoms with Crippen LogP contribution >= 0.6 is 0 Å². The number of nitro benzene ring substituents is 1. The van der Waals surface area contributed by atoms with E-state index in [1.165, 1.54) is 6.07 Å². The summed E-state index contributed by atoms with van der Waals surface area (Å²) in [5.74, 6) is 0. The van der Waals surface area contributed by atoms with Crippen LogP contribution in [0, 0.1) is 20.4 Å². The van der Waals surface area contributed by atoms with E-state index in [4.69, 9.17) is 18.6 Å². The quantitative estimate of drug-likeness (QED) is 0.242. The van der Waals surface area contributed by atoms with Crippen molar-refractivity contribution in [1.82, 2.24) is 0 Å². The fourth-order valence-corrected chi connectivity index (χ4v) is 2.00. The molecule has 0 saturated carbocycles. The molecule has 0 aliphatic carbocycles. The minimum atomic E-state index is -4.19. The van der Waals surface area contributed by atoms with Gasteiger partial charge in [-0.05, 0) is 6.07 Å². The second-order valence-corrected chi connectivity index (χ2v) is 5.14. The Kier molecular flexibility index (Phi) is 4.50. The van der Waals surface area contributed by atoms with Gasteiger partial charge in [0.15, 0.2) is 12.4 Å². The van der Waals surface area contributed by atoms with Crippen molar-refractivity contribution in [2.75, 3.05) is 0 Å². The third-order valence-electron chi connectivity index (χ3n) is 2.81. The maximum absolute atomic E-state index is 10.9. The normalized spacial score (nSPS) is 11.8. The van der Waals surface area contributed by atoms with Crippen LogP contribution in [0.5, 0.6) is 0 Å². The van der Waals surface area contributed by atoms with Crippen molar-refractivity contribution in [3.63, 3.8) is 0 Å². The molecule has 2 heterocycles. The molecule has 0 radical (unpaired) electrons. The Morgan fingerprint density at radius 2 is 1.77 bits per heavy atom. The Balaban J connectivity index is 0.000000309. The summed E-state index contributed by atoms with van der Waals surface area (Å²) in [5, 5.41) is 12.5. The van der Waals surface area contributed by atoms with Crippen LogP contribution in [-0.2, 0) is 0 Å². The Morgan fingerprint density at radius 1 is 1.09 bits per heavy atom. The molecule has 22 heavy (non-hydrogen) atoms. The van der Waals surface area contributed by atoms with E-state index in [1.807, 2.05) is 40.9 Å². The first-order chi connectivity index (χ1) is 10.3. The summed E-state index contributed by atoms with van der Waals surface area (Å²) in [4.78, 5) is 10.6.